The second kappa shape index (κ2) is 12.0. The molecule has 2 aliphatic heterocycles. The van der Waals surface area contributed by atoms with Gasteiger partial charge in [-0.1, -0.05) is 80.6 Å². The van der Waals surface area contributed by atoms with E-state index in [4.69, 9.17) is 5.73 Å². The van der Waals surface area contributed by atoms with Crippen molar-refractivity contribution in [3.63, 3.8) is 0 Å². The molecule has 2 aromatic rings. The first-order valence-corrected chi connectivity index (χ1v) is 14.3. The average Bonchev–Trinajstić information content (AvgIpc) is 3.26. The number of anilines is 1. The molecule has 0 radical (unpaired) electrons. The van der Waals surface area contributed by atoms with Crippen LogP contribution in [0.4, 0.5) is 11.4 Å². The molecule has 39 heavy (non-hydrogen) atoms. The maximum absolute atomic E-state index is 11.1. The molecular weight excluding hydrogens is 478 g/mol. The molecule has 2 aromatic carbocycles. The fraction of sp³-hybridized carbons (Fsp3) is 0.371. The summed E-state index contributed by atoms with van der Waals surface area (Å²) in [5, 5.41) is 0. The number of hydrogen-bond acceptors (Lipinski definition) is 2. The number of nitrogens with zero attached hydrogens (tertiary/aromatic N) is 2. The Labute approximate surface area is 234 Å². The van der Waals surface area contributed by atoms with Crippen molar-refractivity contribution in [2.24, 2.45) is 5.73 Å². The number of rotatable bonds is 11. The van der Waals surface area contributed by atoms with E-state index in [1.807, 2.05) is 0 Å². The van der Waals surface area contributed by atoms with Crippen LogP contribution in [-0.2, 0) is 15.6 Å². The van der Waals surface area contributed by atoms with Crippen molar-refractivity contribution < 1.29 is 9.37 Å². The normalized spacial score (nSPS) is 18.7. The van der Waals surface area contributed by atoms with Gasteiger partial charge in [-0.15, -0.1) is 0 Å². The number of primary amides is 1. The van der Waals surface area contributed by atoms with Gasteiger partial charge >= 0.3 is 0 Å². The van der Waals surface area contributed by atoms with Crippen molar-refractivity contribution in [3.8, 4) is 0 Å². The van der Waals surface area contributed by atoms with E-state index in [1.165, 1.54) is 33.9 Å². The van der Waals surface area contributed by atoms with Gasteiger partial charge in [-0.05, 0) is 51.3 Å². The number of unbranched alkanes of at least 4 members (excludes halogenated alkanes) is 2. The summed E-state index contributed by atoms with van der Waals surface area (Å²) < 4.78 is 2.45. The third-order valence-electron chi connectivity index (χ3n) is 8.17. The predicted molar refractivity (Wildman–Crippen MR) is 165 cm³/mol. The molecule has 4 heteroatoms. The highest BCUT2D eigenvalue weighted by atomic mass is 16.1. The third kappa shape index (κ3) is 5.85. The quantitative estimate of drug-likeness (QED) is 0.189. The van der Waals surface area contributed by atoms with Crippen molar-refractivity contribution in [1.82, 2.24) is 0 Å². The molecule has 0 spiro atoms. The Morgan fingerprint density at radius 2 is 1.51 bits per heavy atom. The summed E-state index contributed by atoms with van der Waals surface area (Å²) >= 11 is 0. The molecule has 0 unspecified atom stereocenters. The summed E-state index contributed by atoms with van der Waals surface area (Å²) in [5.74, 6) is -0.213. The number of hydrogen-bond donors (Lipinski definition) is 1. The molecule has 0 fully saturated rings. The molecule has 0 saturated carbocycles. The maximum atomic E-state index is 11.1. The molecule has 4 nitrogen and oxygen atoms in total. The summed E-state index contributed by atoms with van der Waals surface area (Å²) in [6.45, 7) is 13.3. The molecule has 0 bridgehead atoms. The van der Waals surface area contributed by atoms with Crippen LogP contribution in [0.2, 0.25) is 0 Å². The first-order valence-electron chi connectivity index (χ1n) is 14.3. The fourth-order valence-electron chi connectivity index (χ4n) is 6.10. The number of fused-ring (bicyclic) bond motifs is 2. The van der Waals surface area contributed by atoms with Gasteiger partial charge in [-0.25, -0.2) is 0 Å². The van der Waals surface area contributed by atoms with Gasteiger partial charge < -0.3 is 10.6 Å². The minimum atomic E-state index is -0.213. The lowest BCUT2D eigenvalue weighted by Gasteiger charge is -2.25. The van der Waals surface area contributed by atoms with Crippen LogP contribution in [0, 0.1) is 0 Å². The van der Waals surface area contributed by atoms with Gasteiger partial charge in [0.1, 0.15) is 6.54 Å². The summed E-state index contributed by atoms with van der Waals surface area (Å²) in [6, 6.07) is 17.4. The lowest BCUT2D eigenvalue weighted by molar-refractivity contribution is -0.438. The molecule has 1 amide bonds. The van der Waals surface area contributed by atoms with E-state index in [-0.39, 0.29) is 16.7 Å². The number of para-hydroxylation sites is 2. The van der Waals surface area contributed by atoms with Crippen molar-refractivity contribution in [2.75, 3.05) is 18.0 Å². The maximum Gasteiger partial charge on any atom is 0.217 e. The van der Waals surface area contributed by atoms with Crippen LogP contribution in [0.1, 0.15) is 71.4 Å². The summed E-state index contributed by atoms with van der Waals surface area (Å²) in [4.78, 5) is 13.5. The summed E-state index contributed by atoms with van der Waals surface area (Å²) in [6.07, 6.45) is 18.5. The summed E-state index contributed by atoms with van der Waals surface area (Å²) in [7, 11) is 0. The second-order valence-electron chi connectivity index (χ2n) is 11.5. The number of amides is 1. The highest BCUT2D eigenvalue weighted by Gasteiger charge is 2.43. The van der Waals surface area contributed by atoms with Crippen LogP contribution in [0.3, 0.4) is 0 Å². The topological polar surface area (TPSA) is 49.3 Å². The predicted octanol–water partition coefficient (Wildman–Crippen LogP) is 7.48. The highest BCUT2D eigenvalue weighted by Crippen LogP contribution is 2.47. The monoisotopic (exact) mass is 522 g/mol. The molecule has 0 saturated heterocycles. The number of allylic oxidation sites excluding steroid dienone is 8. The molecular formula is C35H44N3O+. The van der Waals surface area contributed by atoms with Gasteiger partial charge in [0.05, 0.1) is 5.41 Å². The molecule has 0 atom stereocenters. The fourth-order valence-corrected chi connectivity index (χ4v) is 6.10. The standard InChI is InChI=1S/C35H43N3O/c1-6-37-29-21-16-14-19-27(29)34(2,3)31(37)23-11-8-7-9-12-24-32-35(4,5)28-20-15-17-22-30(28)38(32)26-18-10-13-25-33(36)39/h7-9,11-12,14-17,19-24H,6,10,13,18,25-26H2,1-5H3,(H-,36,39)/p+1. The van der Waals surface area contributed by atoms with E-state index in [2.05, 4.69) is 135 Å². The van der Waals surface area contributed by atoms with Crippen molar-refractivity contribution >= 4 is 23.0 Å². The Kier molecular flexibility index (Phi) is 8.74. The summed E-state index contributed by atoms with van der Waals surface area (Å²) in [5.41, 5.74) is 13.2. The van der Waals surface area contributed by atoms with Crippen LogP contribution >= 0.6 is 0 Å². The zero-order valence-corrected chi connectivity index (χ0v) is 24.3. The van der Waals surface area contributed by atoms with Gasteiger partial charge in [-0.3, -0.25) is 4.79 Å². The second-order valence-corrected chi connectivity index (χ2v) is 11.5. The Balaban J connectivity index is 1.47. The Morgan fingerprint density at radius 3 is 2.26 bits per heavy atom. The van der Waals surface area contributed by atoms with Crippen LogP contribution < -0.4 is 10.6 Å². The van der Waals surface area contributed by atoms with Gasteiger partial charge in [-0.2, -0.15) is 4.58 Å². The van der Waals surface area contributed by atoms with E-state index in [0.29, 0.717) is 6.42 Å². The Bertz CT molecular complexity index is 1350. The smallest absolute Gasteiger partial charge is 0.217 e. The zero-order chi connectivity index (χ0) is 28.0. The van der Waals surface area contributed by atoms with Crippen molar-refractivity contribution in [3.05, 3.63) is 108 Å². The van der Waals surface area contributed by atoms with E-state index >= 15 is 0 Å². The minimum Gasteiger partial charge on any atom is -0.370 e. The highest BCUT2D eigenvalue weighted by molar-refractivity contribution is 6.03. The molecule has 0 aliphatic carbocycles. The van der Waals surface area contributed by atoms with E-state index in [9.17, 15) is 4.79 Å². The lowest BCUT2D eigenvalue weighted by Crippen LogP contribution is -2.27. The lowest BCUT2D eigenvalue weighted by atomic mass is 9.81. The largest absolute Gasteiger partial charge is 0.370 e. The van der Waals surface area contributed by atoms with Gasteiger partial charge in [0, 0.05) is 53.9 Å². The van der Waals surface area contributed by atoms with Crippen LogP contribution in [0.15, 0.2) is 96.8 Å². The first kappa shape index (κ1) is 28.4. The number of benzene rings is 2. The number of carbonyl (C=O) groups excluding carboxylic acids is 1. The molecule has 2 heterocycles. The van der Waals surface area contributed by atoms with Crippen LogP contribution in [0.25, 0.3) is 0 Å². The number of likely N-dealkylation sites (N-methyl/N-ethyl adjacent to an activating group) is 1. The zero-order valence-electron chi connectivity index (χ0n) is 24.3. The molecule has 204 valence electrons. The Morgan fingerprint density at radius 1 is 0.846 bits per heavy atom. The van der Waals surface area contributed by atoms with E-state index < -0.39 is 0 Å². The molecule has 4 rings (SSSR count). The van der Waals surface area contributed by atoms with Gasteiger partial charge in [0.15, 0.2) is 5.71 Å². The number of carbonyl (C=O) groups is 1. The van der Waals surface area contributed by atoms with Gasteiger partial charge in [0.25, 0.3) is 0 Å². The SMILES string of the molecule is CCN1/C(=C/C=C/C=C/C=C/C2=[N+](CCCCCC(N)=O)c3ccccc3C2(C)C)C(C)(C)c2ccccc21. The Hall–Kier alpha value is -3.66. The van der Waals surface area contributed by atoms with Gasteiger partial charge in [0.2, 0.25) is 11.6 Å². The molecule has 2 N–H and O–H groups in total. The average molecular weight is 523 g/mol. The minimum absolute atomic E-state index is 0.0103. The van der Waals surface area contributed by atoms with E-state index in [1.54, 1.807) is 0 Å². The first-order chi connectivity index (χ1) is 18.7. The van der Waals surface area contributed by atoms with Crippen molar-refractivity contribution in [1.29, 1.82) is 0 Å². The number of nitrogens with two attached hydrogens (primary N) is 1. The molecule has 0 aromatic heterocycles. The molecule has 2 aliphatic rings. The third-order valence-corrected chi connectivity index (χ3v) is 8.17. The van der Waals surface area contributed by atoms with Crippen molar-refractivity contribution in [2.45, 2.75) is 71.1 Å². The van der Waals surface area contributed by atoms with Crippen LogP contribution in [0.5, 0.6) is 0 Å². The van der Waals surface area contributed by atoms with Crippen LogP contribution in [-0.4, -0.2) is 29.3 Å². The van der Waals surface area contributed by atoms with E-state index in [0.717, 1.165) is 32.4 Å².